The average Bonchev–Trinajstić information content (AvgIpc) is 2.72. The van der Waals surface area contributed by atoms with Crippen LogP contribution in [0.3, 0.4) is 0 Å². The number of imidazole rings is 1. The van der Waals surface area contributed by atoms with Gasteiger partial charge in [0.25, 0.3) is 0 Å². The molecular formula is C11H13N3. The zero-order valence-corrected chi connectivity index (χ0v) is 7.88. The number of aromatic nitrogens is 2. The Morgan fingerprint density at radius 3 is 2.71 bits per heavy atom. The molecular weight excluding hydrogens is 174 g/mol. The lowest BCUT2D eigenvalue weighted by atomic mass is 10.1. The van der Waals surface area contributed by atoms with E-state index < -0.39 is 0 Å². The predicted octanol–water partition coefficient (Wildman–Crippen LogP) is 1.58. The molecule has 14 heavy (non-hydrogen) atoms. The van der Waals surface area contributed by atoms with Crippen LogP contribution in [0.1, 0.15) is 11.6 Å². The minimum Gasteiger partial charge on any atom is -0.336 e. The molecule has 0 radical (unpaired) electrons. The Kier molecular flexibility index (Phi) is 2.60. The third-order valence-electron chi connectivity index (χ3n) is 2.19. The molecule has 0 bridgehead atoms. The molecule has 0 saturated heterocycles. The van der Waals surface area contributed by atoms with Crippen LogP contribution in [0.15, 0.2) is 49.1 Å². The lowest BCUT2D eigenvalue weighted by Gasteiger charge is -2.12. The summed E-state index contributed by atoms with van der Waals surface area (Å²) in [6.45, 7) is 0.768. The highest BCUT2D eigenvalue weighted by Gasteiger charge is 2.04. The third-order valence-corrected chi connectivity index (χ3v) is 2.19. The summed E-state index contributed by atoms with van der Waals surface area (Å²) in [5, 5.41) is 0. The zero-order chi connectivity index (χ0) is 9.80. The number of nitrogens with two attached hydrogens (primary N) is 1. The van der Waals surface area contributed by atoms with Gasteiger partial charge < -0.3 is 10.3 Å². The van der Waals surface area contributed by atoms with Gasteiger partial charge in [-0.05, 0) is 5.56 Å². The van der Waals surface area contributed by atoms with Gasteiger partial charge in [0.1, 0.15) is 0 Å². The molecule has 3 heteroatoms. The van der Waals surface area contributed by atoms with E-state index in [0.29, 0.717) is 0 Å². The summed E-state index contributed by atoms with van der Waals surface area (Å²) < 4.78 is 1.98. The first kappa shape index (κ1) is 8.97. The Balaban J connectivity index is 2.07. The molecule has 1 aromatic heterocycles. The average molecular weight is 187 g/mol. The Labute approximate surface area is 83.2 Å². The van der Waals surface area contributed by atoms with Gasteiger partial charge in [-0.1, -0.05) is 30.3 Å². The minimum absolute atomic E-state index is 0.0328. The summed E-state index contributed by atoms with van der Waals surface area (Å²) in [6.07, 6.45) is 5.46. The number of rotatable bonds is 3. The number of benzene rings is 1. The van der Waals surface area contributed by atoms with Gasteiger partial charge in [0.15, 0.2) is 0 Å². The van der Waals surface area contributed by atoms with Crippen molar-refractivity contribution in [3.8, 4) is 0 Å². The number of hydrogen-bond acceptors (Lipinski definition) is 2. The van der Waals surface area contributed by atoms with Gasteiger partial charge in [-0.2, -0.15) is 0 Å². The van der Waals surface area contributed by atoms with Crippen molar-refractivity contribution in [2.75, 3.05) is 0 Å². The van der Waals surface area contributed by atoms with Gasteiger partial charge in [0.05, 0.1) is 6.33 Å². The summed E-state index contributed by atoms with van der Waals surface area (Å²) in [4.78, 5) is 3.98. The fraction of sp³-hybridized carbons (Fsp3) is 0.182. The molecule has 0 aliphatic carbocycles. The summed E-state index contributed by atoms with van der Waals surface area (Å²) in [6, 6.07) is 10.1. The fourth-order valence-electron chi connectivity index (χ4n) is 1.43. The van der Waals surface area contributed by atoms with E-state index >= 15 is 0 Å². The first-order valence-corrected chi connectivity index (χ1v) is 4.62. The maximum atomic E-state index is 6.04. The van der Waals surface area contributed by atoms with E-state index in [0.717, 1.165) is 12.1 Å². The van der Waals surface area contributed by atoms with Crippen LogP contribution in [0.5, 0.6) is 0 Å². The summed E-state index contributed by atoms with van der Waals surface area (Å²) >= 11 is 0. The Hall–Kier alpha value is -1.61. The Morgan fingerprint density at radius 1 is 1.29 bits per heavy atom. The van der Waals surface area contributed by atoms with Crippen LogP contribution in [-0.4, -0.2) is 9.55 Å². The normalized spacial score (nSPS) is 12.6. The molecule has 0 aliphatic rings. The second-order valence-corrected chi connectivity index (χ2v) is 3.28. The molecule has 0 saturated carbocycles. The van der Waals surface area contributed by atoms with Crippen LogP contribution in [0.4, 0.5) is 0 Å². The second-order valence-electron chi connectivity index (χ2n) is 3.28. The summed E-state index contributed by atoms with van der Waals surface area (Å²) in [5.41, 5.74) is 7.19. The van der Waals surface area contributed by atoms with Crippen molar-refractivity contribution in [2.45, 2.75) is 12.6 Å². The maximum absolute atomic E-state index is 6.04. The van der Waals surface area contributed by atoms with Crippen molar-refractivity contribution < 1.29 is 0 Å². The molecule has 0 amide bonds. The predicted molar refractivity (Wildman–Crippen MR) is 55.6 cm³/mol. The van der Waals surface area contributed by atoms with Gasteiger partial charge >= 0.3 is 0 Å². The standard InChI is InChI=1S/C11H13N3/c12-11(8-14-7-6-13-9-14)10-4-2-1-3-5-10/h1-7,9,11H,8,12H2/t11-/m1/s1. The molecule has 2 aromatic rings. The molecule has 1 atom stereocenters. The van der Waals surface area contributed by atoms with Crippen LogP contribution < -0.4 is 5.73 Å². The van der Waals surface area contributed by atoms with Gasteiger partial charge in [0, 0.05) is 25.0 Å². The van der Waals surface area contributed by atoms with Crippen LogP contribution in [0.25, 0.3) is 0 Å². The highest BCUT2D eigenvalue weighted by atomic mass is 15.0. The third kappa shape index (κ3) is 2.00. The Morgan fingerprint density at radius 2 is 2.07 bits per heavy atom. The van der Waals surface area contributed by atoms with Crippen molar-refractivity contribution >= 4 is 0 Å². The topological polar surface area (TPSA) is 43.8 Å². The van der Waals surface area contributed by atoms with E-state index in [4.69, 9.17) is 5.73 Å². The monoisotopic (exact) mass is 187 g/mol. The smallest absolute Gasteiger partial charge is 0.0946 e. The largest absolute Gasteiger partial charge is 0.336 e. The van der Waals surface area contributed by atoms with E-state index in [1.807, 2.05) is 41.1 Å². The first-order valence-electron chi connectivity index (χ1n) is 4.62. The van der Waals surface area contributed by atoms with E-state index in [1.165, 1.54) is 0 Å². The summed E-state index contributed by atoms with van der Waals surface area (Å²) in [5.74, 6) is 0. The van der Waals surface area contributed by atoms with Crippen molar-refractivity contribution in [1.29, 1.82) is 0 Å². The van der Waals surface area contributed by atoms with E-state index in [1.54, 1.807) is 12.5 Å². The molecule has 0 unspecified atom stereocenters. The van der Waals surface area contributed by atoms with Crippen LogP contribution in [-0.2, 0) is 6.54 Å². The molecule has 1 aromatic carbocycles. The molecule has 2 rings (SSSR count). The SMILES string of the molecule is N[C@H](Cn1ccnc1)c1ccccc1. The van der Waals surface area contributed by atoms with E-state index in [9.17, 15) is 0 Å². The van der Waals surface area contributed by atoms with E-state index in [-0.39, 0.29) is 6.04 Å². The fourth-order valence-corrected chi connectivity index (χ4v) is 1.43. The summed E-state index contributed by atoms with van der Waals surface area (Å²) in [7, 11) is 0. The zero-order valence-electron chi connectivity index (χ0n) is 7.88. The number of hydrogen-bond donors (Lipinski definition) is 1. The van der Waals surface area contributed by atoms with Crippen LogP contribution in [0.2, 0.25) is 0 Å². The molecule has 3 nitrogen and oxygen atoms in total. The molecule has 2 N–H and O–H groups in total. The molecule has 1 heterocycles. The van der Waals surface area contributed by atoms with Gasteiger partial charge in [-0.3, -0.25) is 0 Å². The maximum Gasteiger partial charge on any atom is 0.0946 e. The Bertz CT molecular complexity index is 367. The molecule has 0 spiro atoms. The van der Waals surface area contributed by atoms with Crippen molar-refractivity contribution in [1.82, 2.24) is 9.55 Å². The van der Waals surface area contributed by atoms with Crippen molar-refractivity contribution in [3.63, 3.8) is 0 Å². The minimum atomic E-state index is 0.0328. The van der Waals surface area contributed by atoms with Gasteiger partial charge in [-0.25, -0.2) is 4.98 Å². The van der Waals surface area contributed by atoms with Gasteiger partial charge in [0.2, 0.25) is 0 Å². The lowest BCUT2D eigenvalue weighted by Crippen LogP contribution is -2.16. The van der Waals surface area contributed by atoms with Crippen LogP contribution >= 0.6 is 0 Å². The van der Waals surface area contributed by atoms with Gasteiger partial charge in [-0.15, -0.1) is 0 Å². The van der Waals surface area contributed by atoms with E-state index in [2.05, 4.69) is 4.98 Å². The van der Waals surface area contributed by atoms with Crippen molar-refractivity contribution in [3.05, 3.63) is 54.6 Å². The quantitative estimate of drug-likeness (QED) is 0.792. The highest BCUT2D eigenvalue weighted by Crippen LogP contribution is 2.11. The number of nitrogens with zero attached hydrogens (tertiary/aromatic N) is 2. The second kappa shape index (κ2) is 4.07. The first-order chi connectivity index (χ1) is 6.86. The lowest BCUT2D eigenvalue weighted by molar-refractivity contribution is 0.576. The van der Waals surface area contributed by atoms with Crippen molar-refractivity contribution in [2.24, 2.45) is 5.73 Å². The molecule has 0 fully saturated rings. The van der Waals surface area contributed by atoms with Crippen LogP contribution in [0, 0.1) is 0 Å². The highest BCUT2D eigenvalue weighted by molar-refractivity contribution is 5.18. The molecule has 72 valence electrons. The molecule has 0 aliphatic heterocycles.